The predicted molar refractivity (Wildman–Crippen MR) is 120 cm³/mol. The second-order valence-corrected chi connectivity index (χ2v) is 7.86. The first-order chi connectivity index (χ1) is 13.5. The van der Waals surface area contributed by atoms with E-state index in [0.29, 0.717) is 5.92 Å². The molecule has 1 heteroatoms. The van der Waals surface area contributed by atoms with Gasteiger partial charge in [-0.3, -0.25) is 4.98 Å². The highest BCUT2D eigenvalue weighted by Gasteiger charge is 2.17. The Labute approximate surface area is 168 Å². The molecule has 1 unspecified atom stereocenters. The average Bonchev–Trinajstić information content (AvgIpc) is 2.70. The standard InChI is InChI=1S/C27H27N/c1-18-8-5-6-9-24(18)26-16-22(13-11-19(26)2)23-14-12-20(3)27(17-23)25-10-7-15-28-21(25)4/h5-8,10-17,24H,9H2,1-4H3. The van der Waals surface area contributed by atoms with Crippen molar-refractivity contribution in [2.24, 2.45) is 0 Å². The molecule has 2 aromatic carbocycles. The molecule has 28 heavy (non-hydrogen) atoms. The van der Waals surface area contributed by atoms with Gasteiger partial charge in [-0.15, -0.1) is 0 Å². The number of nitrogens with zero attached hydrogens (tertiary/aromatic N) is 1. The van der Waals surface area contributed by atoms with Crippen molar-refractivity contribution in [3.05, 3.63) is 101 Å². The molecule has 4 rings (SSSR count). The zero-order valence-electron chi connectivity index (χ0n) is 17.2. The topological polar surface area (TPSA) is 12.9 Å². The lowest BCUT2D eigenvalue weighted by Crippen LogP contribution is -2.04. The van der Waals surface area contributed by atoms with Gasteiger partial charge in [0.15, 0.2) is 0 Å². The van der Waals surface area contributed by atoms with Gasteiger partial charge in [0.05, 0.1) is 0 Å². The Morgan fingerprint density at radius 2 is 1.57 bits per heavy atom. The van der Waals surface area contributed by atoms with Crippen LogP contribution < -0.4 is 0 Å². The van der Waals surface area contributed by atoms with Crippen LogP contribution in [0, 0.1) is 20.8 Å². The molecule has 1 aromatic heterocycles. The molecule has 1 atom stereocenters. The lowest BCUT2D eigenvalue weighted by Gasteiger charge is -2.22. The van der Waals surface area contributed by atoms with Crippen LogP contribution in [0.1, 0.15) is 41.6 Å². The maximum Gasteiger partial charge on any atom is 0.0451 e. The molecular weight excluding hydrogens is 338 g/mol. The monoisotopic (exact) mass is 365 g/mol. The number of benzene rings is 2. The average molecular weight is 366 g/mol. The van der Waals surface area contributed by atoms with Crippen molar-refractivity contribution in [3.63, 3.8) is 0 Å². The molecule has 0 fully saturated rings. The number of hydrogen-bond donors (Lipinski definition) is 0. The smallest absolute Gasteiger partial charge is 0.0451 e. The number of aromatic nitrogens is 1. The molecule has 1 aliphatic rings. The van der Waals surface area contributed by atoms with E-state index in [1.165, 1.54) is 44.5 Å². The number of aryl methyl sites for hydroxylation is 3. The Morgan fingerprint density at radius 3 is 2.32 bits per heavy atom. The van der Waals surface area contributed by atoms with Crippen molar-refractivity contribution in [1.82, 2.24) is 4.98 Å². The van der Waals surface area contributed by atoms with E-state index in [1.807, 2.05) is 12.3 Å². The summed E-state index contributed by atoms with van der Waals surface area (Å²) >= 11 is 0. The van der Waals surface area contributed by atoms with Crippen LogP contribution in [0.15, 0.2) is 78.5 Å². The van der Waals surface area contributed by atoms with Gasteiger partial charge in [0, 0.05) is 23.4 Å². The summed E-state index contributed by atoms with van der Waals surface area (Å²) in [6, 6.07) is 17.9. The summed E-state index contributed by atoms with van der Waals surface area (Å²) in [5.41, 5.74) is 11.6. The molecule has 140 valence electrons. The molecule has 0 amide bonds. The van der Waals surface area contributed by atoms with Crippen molar-refractivity contribution >= 4 is 0 Å². The second kappa shape index (κ2) is 7.59. The fourth-order valence-corrected chi connectivity index (χ4v) is 4.16. The van der Waals surface area contributed by atoms with Crippen LogP contribution in [-0.2, 0) is 0 Å². The molecule has 0 saturated carbocycles. The van der Waals surface area contributed by atoms with Gasteiger partial charge < -0.3 is 0 Å². The van der Waals surface area contributed by atoms with Gasteiger partial charge >= 0.3 is 0 Å². The highest BCUT2D eigenvalue weighted by Crippen LogP contribution is 2.36. The van der Waals surface area contributed by atoms with Crippen LogP contribution in [0.4, 0.5) is 0 Å². The minimum atomic E-state index is 0.482. The number of rotatable bonds is 3. The van der Waals surface area contributed by atoms with E-state index >= 15 is 0 Å². The molecule has 3 aromatic rings. The summed E-state index contributed by atoms with van der Waals surface area (Å²) in [4.78, 5) is 4.48. The predicted octanol–water partition coefficient (Wildman–Crippen LogP) is 7.33. The maximum absolute atomic E-state index is 4.48. The summed E-state index contributed by atoms with van der Waals surface area (Å²) in [7, 11) is 0. The zero-order chi connectivity index (χ0) is 19.7. The highest BCUT2D eigenvalue weighted by molar-refractivity contribution is 5.77. The molecule has 1 heterocycles. The summed E-state index contributed by atoms with van der Waals surface area (Å²) in [6.07, 6.45) is 9.64. The van der Waals surface area contributed by atoms with Gasteiger partial charge in [0.2, 0.25) is 0 Å². The van der Waals surface area contributed by atoms with Gasteiger partial charge in [0.25, 0.3) is 0 Å². The fourth-order valence-electron chi connectivity index (χ4n) is 4.16. The summed E-state index contributed by atoms with van der Waals surface area (Å²) in [5.74, 6) is 0.482. The van der Waals surface area contributed by atoms with Crippen molar-refractivity contribution in [2.45, 2.75) is 40.0 Å². The summed E-state index contributed by atoms with van der Waals surface area (Å²) < 4.78 is 0. The third kappa shape index (κ3) is 3.45. The third-order valence-electron chi connectivity index (χ3n) is 5.94. The van der Waals surface area contributed by atoms with Gasteiger partial charge in [-0.05, 0) is 79.6 Å². The second-order valence-electron chi connectivity index (χ2n) is 7.86. The number of pyridine rings is 1. The maximum atomic E-state index is 4.48. The van der Waals surface area contributed by atoms with Crippen LogP contribution in [0.25, 0.3) is 22.3 Å². The lowest BCUT2D eigenvalue weighted by molar-refractivity contribution is 0.791. The summed E-state index contributed by atoms with van der Waals surface area (Å²) in [6.45, 7) is 8.73. The minimum Gasteiger partial charge on any atom is -0.261 e. The molecule has 0 radical (unpaired) electrons. The first-order valence-electron chi connectivity index (χ1n) is 10.0. The number of allylic oxidation sites excluding steroid dienone is 4. The minimum absolute atomic E-state index is 0.482. The largest absolute Gasteiger partial charge is 0.261 e. The van der Waals surface area contributed by atoms with Gasteiger partial charge in [-0.1, -0.05) is 60.2 Å². The van der Waals surface area contributed by atoms with Crippen LogP contribution in [0.2, 0.25) is 0 Å². The zero-order valence-corrected chi connectivity index (χ0v) is 17.2. The Balaban J connectivity index is 1.79. The van der Waals surface area contributed by atoms with Gasteiger partial charge in [-0.2, -0.15) is 0 Å². The van der Waals surface area contributed by atoms with Crippen LogP contribution in [0.3, 0.4) is 0 Å². The van der Waals surface area contributed by atoms with Gasteiger partial charge in [-0.25, -0.2) is 0 Å². The molecule has 0 saturated heterocycles. The molecule has 1 nitrogen and oxygen atoms in total. The van der Waals surface area contributed by atoms with E-state index in [9.17, 15) is 0 Å². The van der Waals surface area contributed by atoms with Crippen molar-refractivity contribution in [2.75, 3.05) is 0 Å². The molecule has 1 aliphatic carbocycles. The van der Waals surface area contributed by atoms with Crippen LogP contribution in [-0.4, -0.2) is 4.98 Å². The van der Waals surface area contributed by atoms with Crippen LogP contribution in [0.5, 0.6) is 0 Å². The van der Waals surface area contributed by atoms with Crippen LogP contribution >= 0.6 is 0 Å². The van der Waals surface area contributed by atoms with E-state index in [4.69, 9.17) is 0 Å². The van der Waals surface area contributed by atoms with E-state index < -0.39 is 0 Å². The Bertz CT molecular complexity index is 1090. The quantitative estimate of drug-likeness (QED) is 0.473. The first kappa shape index (κ1) is 18.4. The molecule has 0 aliphatic heterocycles. The van der Waals surface area contributed by atoms with E-state index in [2.05, 4.69) is 93.4 Å². The van der Waals surface area contributed by atoms with E-state index in [-0.39, 0.29) is 0 Å². The van der Waals surface area contributed by atoms with E-state index in [0.717, 1.165) is 12.1 Å². The van der Waals surface area contributed by atoms with E-state index in [1.54, 1.807) is 0 Å². The SMILES string of the molecule is CC1=CC=CCC1c1cc(-c2ccc(C)c(-c3cccnc3C)c2)ccc1C. The number of hydrogen-bond acceptors (Lipinski definition) is 1. The first-order valence-corrected chi connectivity index (χ1v) is 10.0. The Hall–Kier alpha value is -2.93. The Kier molecular flexibility index (Phi) is 5.00. The Morgan fingerprint density at radius 1 is 0.821 bits per heavy atom. The molecule has 0 N–H and O–H groups in total. The fraction of sp³-hybridized carbons (Fsp3) is 0.222. The highest BCUT2D eigenvalue weighted by atomic mass is 14.7. The lowest BCUT2D eigenvalue weighted by atomic mass is 9.82. The normalized spacial score (nSPS) is 16.1. The van der Waals surface area contributed by atoms with Crippen molar-refractivity contribution in [1.29, 1.82) is 0 Å². The van der Waals surface area contributed by atoms with Crippen molar-refractivity contribution < 1.29 is 0 Å². The van der Waals surface area contributed by atoms with Crippen molar-refractivity contribution in [3.8, 4) is 22.3 Å². The molecular formula is C27H27N. The molecule has 0 spiro atoms. The molecule has 0 bridgehead atoms. The summed E-state index contributed by atoms with van der Waals surface area (Å²) in [5, 5.41) is 0. The third-order valence-corrected chi connectivity index (χ3v) is 5.94. The van der Waals surface area contributed by atoms with Gasteiger partial charge in [0.1, 0.15) is 0 Å².